The third-order valence-electron chi connectivity index (χ3n) is 8.02. The zero-order valence-corrected chi connectivity index (χ0v) is 23.4. The lowest BCUT2D eigenvalue weighted by molar-refractivity contribution is 0.0846. The molecule has 6 heteroatoms. The van der Waals surface area contributed by atoms with Gasteiger partial charge in [-0.15, -0.1) is 0 Å². The summed E-state index contributed by atoms with van der Waals surface area (Å²) in [6, 6.07) is 7.07. The second-order valence-corrected chi connectivity index (χ2v) is 10.8. The molecule has 2 N–H and O–H groups in total. The van der Waals surface area contributed by atoms with Crippen LogP contribution in [0.4, 0.5) is 5.69 Å². The first kappa shape index (κ1) is 27.4. The lowest BCUT2D eigenvalue weighted by atomic mass is 9.96. The number of aromatic amines is 1. The molecule has 0 radical (unpaired) electrons. The summed E-state index contributed by atoms with van der Waals surface area (Å²) in [5.74, 6) is 7.61. The molecule has 0 bridgehead atoms. The lowest BCUT2D eigenvalue weighted by Crippen LogP contribution is -2.40. The number of aromatic nitrogens is 1. The van der Waals surface area contributed by atoms with Crippen molar-refractivity contribution in [2.45, 2.75) is 72.5 Å². The summed E-state index contributed by atoms with van der Waals surface area (Å²) in [5.41, 5.74) is 7.64. The van der Waals surface area contributed by atoms with Gasteiger partial charge >= 0.3 is 0 Å². The average molecular weight is 505 g/mol. The van der Waals surface area contributed by atoms with Crippen molar-refractivity contribution in [1.82, 2.24) is 15.2 Å². The molecular weight excluding hydrogens is 460 g/mol. The van der Waals surface area contributed by atoms with Gasteiger partial charge in [0.2, 0.25) is 0 Å². The van der Waals surface area contributed by atoms with Gasteiger partial charge in [0, 0.05) is 67.3 Å². The fourth-order valence-electron chi connectivity index (χ4n) is 5.70. The van der Waals surface area contributed by atoms with E-state index in [1.807, 2.05) is 19.9 Å². The van der Waals surface area contributed by atoms with Gasteiger partial charge in [0.05, 0.1) is 0 Å². The van der Waals surface area contributed by atoms with Crippen LogP contribution in [0.15, 0.2) is 23.0 Å². The zero-order chi connectivity index (χ0) is 26.4. The highest BCUT2D eigenvalue weighted by Crippen LogP contribution is 2.30. The van der Waals surface area contributed by atoms with Gasteiger partial charge in [0.25, 0.3) is 5.56 Å². The quantitative estimate of drug-likeness (QED) is 0.551. The minimum atomic E-state index is -0.00293. The summed E-state index contributed by atoms with van der Waals surface area (Å²) in [5, 5.41) is 3.55. The van der Waals surface area contributed by atoms with Gasteiger partial charge in [-0.2, -0.15) is 0 Å². The van der Waals surface area contributed by atoms with Gasteiger partial charge in [-0.1, -0.05) is 11.8 Å². The topological polar surface area (TPSA) is 60.6 Å². The van der Waals surface area contributed by atoms with Gasteiger partial charge in [0.1, 0.15) is 0 Å². The molecule has 3 heterocycles. The maximum atomic E-state index is 12.5. The van der Waals surface area contributed by atoms with Crippen molar-refractivity contribution < 1.29 is 4.74 Å². The molecule has 2 saturated heterocycles. The monoisotopic (exact) mass is 504 g/mol. The summed E-state index contributed by atoms with van der Waals surface area (Å²) in [6.45, 7) is 14.5. The fraction of sp³-hybridized carbons (Fsp3) is 0.581. The van der Waals surface area contributed by atoms with Crippen LogP contribution in [0.5, 0.6) is 0 Å². The van der Waals surface area contributed by atoms with E-state index in [2.05, 4.69) is 65.0 Å². The summed E-state index contributed by atoms with van der Waals surface area (Å²) in [6.07, 6.45) is 4.40. The largest absolute Gasteiger partial charge is 0.381 e. The highest BCUT2D eigenvalue weighted by molar-refractivity contribution is 5.61. The number of H-pyrrole nitrogens is 1. The average Bonchev–Trinajstić information content (AvgIpc) is 2.88. The Balaban J connectivity index is 1.60. The number of hydrogen-bond donors (Lipinski definition) is 2. The fourth-order valence-corrected chi connectivity index (χ4v) is 5.70. The molecule has 1 aromatic carbocycles. The first-order valence-corrected chi connectivity index (χ1v) is 13.9. The summed E-state index contributed by atoms with van der Waals surface area (Å²) >= 11 is 0. The van der Waals surface area contributed by atoms with Crippen molar-refractivity contribution in [1.29, 1.82) is 0 Å². The maximum absolute atomic E-state index is 12.5. The SMILES string of the molecule is CCN(c1cc(C#CC2CCN(C)CC2)cc(CNCc2c(C)cc(C)[nH]c2=O)c1C)C1CCOCC1. The Morgan fingerprint density at radius 1 is 1.08 bits per heavy atom. The molecule has 6 nitrogen and oxygen atoms in total. The number of pyridine rings is 1. The Labute approximate surface area is 222 Å². The van der Waals surface area contributed by atoms with Crippen LogP contribution in [-0.4, -0.2) is 55.8 Å². The van der Waals surface area contributed by atoms with Gasteiger partial charge in [-0.05, 0) is 108 Å². The number of ether oxygens (including phenoxy) is 1. The van der Waals surface area contributed by atoms with E-state index in [-0.39, 0.29) is 5.56 Å². The molecule has 0 unspecified atom stereocenters. The number of likely N-dealkylation sites (tertiary alicyclic amines) is 1. The first-order valence-electron chi connectivity index (χ1n) is 13.9. The summed E-state index contributed by atoms with van der Waals surface area (Å²) < 4.78 is 5.65. The van der Waals surface area contributed by atoms with Crippen molar-refractivity contribution in [3.05, 3.63) is 62.1 Å². The van der Waals surface area contributed by atoms with Crippen molar-refractivity contribution in [2.24, 2.45) is 5.92 Å². The first-order chi connectivity index (χ1) is 17.9. The Hall–Kier alpha value is -2.59. The number of rotatable bonds is 7. The molecule has 1 aromatic heterocycles. The highest BCUT2D eigenvalue weighted by atomic mass is 16.5. The van der Waals surface area contributed by atoms with Crippen LogP contribution in [0.2, 0.25) is 0 Å². The molecule has 0 atom stereocenters. The molecule has 0 aliphatic carbocycles. The number of benzene rings is 1. The van der Waals surface area contributed by atoms with Crippen LogP contribution in [0.3, 0.4) is 0 Å². The van der Waals surface area contributed by atoms with Crippen LogP contribution < -0.4 is 15.8 Å². The number of aryl methyl sites for hydroxylation is 2. The van der Waals surface area contributed by atoms with E-state index >= 15 is 0 Å². The van der Waals surface area contributed by atoms with E-state index in [0.29, 0.717) is 25.0 Å². The van der Waals surface area contributed by atoms with Gasteiger partial charge < -0.3 is 24.8 Å². The third kappa shape index (κ3) is 7.04. The van der Waals surface area contributed by atoms with Crippen LogP contribution in [0.25, 0.3) is 0 Å². The predicted octanol–water partition coefficient (Wildman–Crippen LogP) is 4.29. The van der Waals surface area contributed by atoms with Crippen molar-refractivity contribution >= 4 is 5.69 Å². The van der Waals surface area contributed by atoms with Crippen LogP contribution in [0.1, 0.15) is 66.1 Å². The predicted molar refractivity (Wildman–Crippen MR) is 152 cm³/mol. The number of anilines is 1. The molecule has 200 valence electrons. The molecule has 4 rings (SSSR count). The van der Waals surface area contributed by atoms with Gasteiger partial charge in [-0.25, -0.2) is 0 Å². The molecule has 0 spiro atoms. The second-order valence-electron chi connectivity index (χ2n) is 10.8. The highest BCUT2D eigenvalue weighted by Gasteiger charge is 2.23. The van der Waals surface area contributed by atoms with E-state index in [1.165, 1.54) is 16.8 Å². The Morgan fingerprint density at radius 3 is 2.49 bits per heavy atom. The Morgan fingerprint density at radius 2 is 1.81 bits per heavy atom. The maximum Gasteiger partial charge on any atom is 0.252 e. The van der Waals surface area contributed by atoms with E-state index in [9.17, 15) is 4.79 Å². The Kier molecular flexibility index (Phi) is 9.48. The molecule has 2 aliphatic heterocycles. The Bertz CT molecular complexity index is 1180. The van der Waals surface area contributed by atoms with Crippen LogP contribution in [0, 0.1) is 38.5 Å². The number of hydrogen-bond acceptors (Lipinski definition) is 5. The lowest BCUT2D eigenvalue weighted by Gasteiger charge is -2.37. The third-order valence-corrected chi connectivity index (χ3v) is 8.02. The van der Waals surface area contributed by atoms with E-state index in [4.69, 9.17) is 4.74 Å². The zero-order valence-electron chi connectivity index (χ0n) is 23.4. The van der Waals surface area contributed by atoms with Gasteiger partial charge in [0.15, 0.2) is 0 Å². The molecule has 2 aliphatic rings. The summed E-state index contributed by atoms with van der Waals surface area (Å²) in [7, 11) is 2.19. The molecule has 37 heavy (non-hydrogen) atoms. The molecule has 0 saturated carbocycles. The molecule has 2 aromatic rings. The number of nitrogens with zero attached hydrogens (tertiary/aromatic N) is 2. The number of nitrogens with one attached hydrogen (secondary N) is 2. The molecular formula is C31H44N4O2. The normalized spacial score (nSPS) is 17.4. The van der Waals surface area contributed by atoms with E-state index in [1.54, 1.807) is 0 Å². The second kappa shape index (κ2) is 12.8. The van der Waals surface area contributed by atoms with Crippen molar-refractivity contribution in [3.63, 3.8) is 0 Å². The molecule has 0 amide bonds. The standard InChI is InChI=1S/C31H44N4O2/c1-6-35(28-11-15-37-16-12-28)30-19-26(8-7-25-9-13-34(5)14-10-25)18-27(24(30)4)20-32-21-29-22(2)17-23(3)33-31(29)36/h17-19,25,28,32H,6,9-16,20-21H2,1-5H3,(H,33,36). The van der Waals surface area contributed by atoms with Crippen molar-refractivity contribution in [2.75, 3.05) is 44.8 Å². The van der Waals surface area contributed by atoms with Crippen molar-refractivity contribution in [3.8, 4) is 11.8 Å². The minimum Gasteiger partial charge on any atom is -0.381 e. The molecule has 2 fully saturated rings. The number of piperidine rings is 1. The van der Waals surface area contributed by atoms with E-state index < -0.39 is 0 Å². The van der Waals surface area contributed by atoms with Crippen LogP contribution >= 0.6 is 0 Å². The smallest absolute Gasteiger partial charge is 0.252 e. The van der Waals surface area contributed by atoms with Gasteiger partial charge in [-0.3, -0.25) is 4.79 Å². The van der Waals surface area contributed by atoms with E-state index in [0.717, 1.165) is 80.9 Å². The minimum absolute atomic E-state index is 0.00293. The summed E-state index contributed by atoms with van der Waals surface area (Å²) in [4.78, 5) is 20.4. The van der Waals surface area contributed by atoms with Crippen LogP contribution in [-0.2, 0) is 17.8 Å².